The first-order valence-electron chi connectivity index (χ1n) is 3.35. The quantitative estimate of drug-likeness (QED) is 0.601. The molecular formula is C7H14N2S. The van der Waals surface area contributed by atoms with Gasteiger partial charge >= 0.3 is 0 Å². The van der Waals surface area contributed by atoms with Crippen molar-refractivity contribution in [1.82, 2.24) is 4.90 Å². The maximum atomic E-state index is 8.26. The molecule has 0 atom stereocenters. The molecule has 0 aliphatic rings. The van der Waals surface area contributed by atoms with Crippen LogP contribution in [-0.4, -0.2) is 37.0 Å². The van der Waals surface area contributed by atoms with E-state index in [1.165, 1.54) is 0 Å². The topological polar surface area (TPSA) is 27.0 Å². The Labute approximate surface area is 67.2 Å². The third kappa shape index (κ3) is 5.93. The van der Waals surface area contributed by atoms with Gasteiger partial charge in [-0.3, -0.25) is 0 Å². The minimum Gasteiger partial charge on any atom is -0.305 e. The zero-order valence-electron chi connectivity index (χ0n) is 6.63. The molecule has 0 heterocycles. The smallest absolute Gasteiger partial charge is 0.0635 e. The Bertz CT molecular complexity index is 109. The van der Waals surface area contributed by atoms with Gasteiger partial charge in [-0.05, 0) is 13.3 Å². The highest BCUT2D eigenvalue weighted by atomic mass is 32.2. The molecule has 0 aliphatic heterocycles. The van der Waals surface area contributed by atoms with Crippen molar-refractivity contribution in [2.24, 2.45) is 0 Å². The lowest BCUT2D eigenvalue weighted by molar-refractivity contribution is 0.365. The fourth-order valence-corrected chi connectivity index (χ4v) is 1.09. The summed E-state index contributed by atoms with van der Waals surface area (Å²) in [5, 5.41) is 8.26. The number of nitriles is 1. The van der Waals surface area contributed by atoms with Crippen LogP contribution in [0.1, 0.15) is 6.42 Å². The molecule has 0 aromatic heterocycles. The first-order valence-corrected chi connectivity index (χ1v) is 4.75. The highest BCUT2D eigenvalue weighted by Crippen LogP contribution is 1.93. The molecule has 58 valence electrons. The number of rotatable bonds is 5. The van der Waals surface area contributed by atoms with Gasteiger partial charge in [0, 0.05) is 25.3 Å². The van der Waals surface area contributed by atoms with Gasteiger partial charge in [0.1, 0.15) is 0 Å². The molecule has 0 bridgehead atoms. The van der Waals surface area contributed by atoms with Gasteiger partial charge in [-0.15, -0.1) is 0 Å². The second-order valence-electron chi connectivity index (χ2n) is 2.20. The molecule has 0 radical (unpaired) electrons. The van der Waals surface area contributed by atoms with Crippen molar-refractivity contribution in [3.05, 3.63) is 0 Å². The average Bonchev–Trinajstić information content (AvgIpc) is 1.97. The van der Waals surface area contributed by atoms with E-state index in [0.717, 1.165) is 18.8 Å². The molecular weight excluding hydrogens is 144 g/mol. The van der Waals surface area contributed by atoms with E-state index < -0.39 is 0 Å². The standard InChI is InChI=1S/C7H14N2S/c1-9(5-3-4-8)6-7-10-2/h3,5-7H2,1-2H3. The fourth-order valence-electron chi connectivity index (χ4n) is 0.600. The molecule has 0 fully saturated rings. The SMILES string of the molecule is CSCCN(C)CCC#N. The van der Waals surface area contributed by atoms with Crippen LogP contribution in [0, 0.1) is 11.3 Å². The summed E-state index contributed by atoms with van der Waals surface area (Å²) in [6.07, 6.45) is 2.74. The molecule has 3 heteroatoms. The Morgan fingerprint density at radius 2 is 2.20 bits per heavy atom. The van der Waals surface area contributed by atoms with E-state index in [2.05, 4.69) is 17.2 Å². The molecule has 0 spiro atoms. The van der Waals surface area contributed by atoms with Crippen LogP contribution >= 0.6 is 11.8 Å². The number of hydrogen-bond donors (Lipinski definition) is 0. The van der Waals surface area contributed by atoms with Crippen molar-refractivity contribution < 1.29 is 0 Å². The number of hydrogen-bond acceptors (Lipinski definition) is 3. The Hall–Kier alpha value is -0.200. The molecule has 2 nitrogen and oxygen atoms in total. The molecule has 0 unspecified atom stereocenters. The molecule has 0 saturated heterocycles. The normalized spacial score (nSPS) is 9.80. The largest absolute Gasteiger partial charge is 0.305 e. The first kappa shape index (κ1) is 9.80. The van der Waals surface area contributed by atoms with Gasteiger partial charge in [-0.25, -0.2) is 0 Å². The lowest BCUT2D eigenvalue weighted by atomic mass is 10.4. The van der Waals surface area contributed by atoms with E-state index in [0.29, 0.717) is 6.42 Å². The molecule has 0 saturated carbocycles. The van der Waals surface area contributed by atoms with Crippen molar-refractivity contribution in [1.29, 1.82) is 5.26 Å². The minimum absolute atomic E-state index is 0.644. The van der Waals surface area contributed by atoms with Gasteiger partial charge < -0.3 is 4.90 Å². The maximum Gasteiger partial charge on any atom is 0.0635 e. The Balaban J connectivity index is 3.10. The Morgan fingerprint density at radius 3 is 2.70 bits per heavy atom. The third-order valence-electron chi connectivity index (χ3n) is 1.28. The first-order chi connectivity index (χ1) is 4.81. The predicted molar refractivity (Wildman–Crippen MR) is 46.1 cm³/mol. The van der Waals surface area contributed by atoms with Crippen LogP contribution in [0.15, 0.2) is 0 Å². The summed E-state index contributed by atoms with van der Waals surface area (Å²) in [7, 11) is 2.05. The van der Waals surface area contributed by atoms with E-state index in [4.69, 9.17) is 5.26 Å². The van der Waals surface area contributed by atoms with E-state index in [1.807, 2.05) is 18.8 Å². The fraction of sp³-hybridized carbons (Fsp3) is 0.857. The summed E-state index contributed by atoms with van der Waals surface area (Å²) in [6, 6.07) is 2.13. The van der Waals surface area contributed by atoms with Gasteiger partial charge in [-0.2, -0.15) is 17.0 Å². The molecule has 0 N–H and O–H groups in total. The summed E-state index contributed by atoms with van der Waals surface area (Å²) >= 11 is 1.84. The third-order valence-corrected chi connectivity index (χ3v) is 1.87. The van der Waals surface area contributed by atoms with Crippen molar-refractivity contribution >= 4 is 11.8 Å². The van der Waals surface area contributed by atoms with Crippen molar-refractivity contribution in [3.63, 3.8) is 0 Å². The van der Waals surface area contributed by atoms with Gasteiger partial charge in [0.2, 0.25) is 0 Å². The molecule has 0 amide bonds. The molecule has 0 aliphatic carbocycles. The van der Waals surface area contributed by atoms with Crippen LogP contribution in [0.25, 0.3) is 0 Å². The van der Waals surface area contributed by atoms with E-state index in [1.54, 1.807) is 0 Å². The highest BCUT2D eigenvalue weighted by molar-refractivity contribution is 7.98. The van der Waals surface area contributed by atoms with Gasteiger partial charge in [-0.1, -0.05) is 0 Å². The van der Waals surface area contributed by atoms with Crippen LogP contribution in [0.4, 0.5) is 0 Å². The Morgan fingerprint density at radius 1 is 1.50 bits per heavy atom. The highest BCUT2D eigenvalue weighted by Gasteiger charge is 1.94. The number of nitrogens with zero attached hydrogens (tertiary/aromatic N) is 2. The molecule has 0 aromatic rings. The lowest BCUT2D eigenvalue weighted by Gasteiger charge is -2.12. The van der Waals surface area contributed by atoms with Crippen molar-refractivity contribution in [2.75, 3.05) is 32.1 Å². The van der Waals surface area contributed by atoms with Crippen LogP contribution < -0.4 is 0 Å². The molecule has 0 aromatic carbocycles. The molecule has 0 rings (SSSR count). The summed E-state index contributed by atoms with van der Waals surface area (Å²) < 4.78 is 0. The summed E-state index contributed by atoms with van der Waals surface area (Å²) in [5.41, 5.74) is 0. The predicted octanol–water partition coefficient (Wildman–Crippen LogP) is 1.19. The second kappa shape index (κ2) is 6.91. The van der Waals surface area contributed by atoms with Crippen LogP contribution in [0.3, 0.4) is 0 Å². The van der Waals surface area contributed by atoms with Crippen LogP contribution in [0.5, 0.6) is 0 Å². The van der Waals surface area contributed by atoms with Gasteiger partial charge in [0.25, 0.3) is 0 Å². The van der Waals surface area contributed by atoms with Crippen LogP contribution in [0.2, 0.25) is 0 Å². The zero-order valence-corrected chi connectivity index (χ0v) is 7.45. The summed E-state index contributed by atoms with van der Waals surface area (Å²) in [4.78, 5) is 2.18. The van der Waals surface area contributed by atoms with E-state index in [-0.39, 0.29) is 0 Å². The van der Waals surface area contributed by atoms with Crippen LogP contribution in [-0.2, 0) is 0 Å². The Kier molecular flexibility index (Phi) is 6.78. The van der Waals surface area contributed by atoms with Gasteiger partial charge in [0.15, 0.2) is 0 Å². The van der Waals surface area contributed by atoms with E-state index >= 15 is 0 Å². The summed E-state index contributed by atoms with van der Waals surface area (Å²) in [6.45, 7) is 1.99. The average molecular weight is 158 g/mol. The van der Waals surface area contributed by atoms with Crippen molar-refractivity contribution in [2.45, 2.75) is 6.42 Å². The zero-order chi connectivity index (χ0) is 7.82. The lowest BCUT2D eigenvalue weighted by Crippen LogP contribution is -2.21. The monoisotopic (exact) mass is 158 g/mol. The van der Waals surface area contributed by atoms with Gasteiger partial charge in [0.05, 0.1) is 6.07 Å². The van der Waals surface area contributed by atoms with E-state index in [9.17, 15) is 0 Å². The minimum atomic E-state index is 0.644. The number of thioether (sulfide) groups is 1. The summed E-state index contributed by atoms with van der Waals surface area (Å²) in [5.74, 6) is 1.15. The van der Waals surface area contributed by atoms with Crippen molar-refractivity contribution in [3.8, 4) is 6.07 Å². The second-order valence-corrected chi connectivity index (χ2v) is 3.19. The maximum absolute atomic E-state index is 8.26. The molecule has 10 heavy (non-hydrogen) atoms.